The molecule has 2 aromatic rings. The van der Waals surface area contributed by atoms with E-state index in [0.29, 0.717) is 10.7 Å². The van der Waals surface area contributed by atoms with Gasteiger partial charge in [-0.1, -0.05) is 11.6 Å². The predicted molar refractivity (Wildman–Crippen MR) is 65.9 cm³/mol. The van der Waals surface area contributed by atoms with Crippen molar-refractivity contribution < 1.29 is 14.3 Å². The second kappa shape index (κ2) is 4.77. The largest absolute Gasteiger partial charge is 0.476 e. The van der Waals surface area contributed by atoms with Crippen LogP contribution in [0.4, 0.5) is 11.7 Å². The van der Waals surface area contributed by atoms with Gasteiger partial charge in [-0.2, -0.15) is 4.98 Å². The molecule has 0 spiro atoms. The van der Waals surface area contributed by atoms with Gasteiger partial charge in [0.2, 0.25) is 0 Å². The van der Waals surface area contributed by atoms with Crippen LogP contribution in [0, 0.1) is 0 Å². The van der Waals surface area contributed by atoms with E-state index in [0.717, 1.165) is 10.7 Å². The van der Waals surface area contributed by atoms with Crippen LogP contribution < -0.4 is 5.32 Å². The minimum Gasteiger partial charge on any atom is -0.476 e. The molecule has 1 heterocycles. The second-order valence-corrected chi connectivity index (χ2v) is 4.38. The number of aromatic carboxylic acids is 1. The van der Waals surface area contributed by atoms with Gasteiger partial charge < -0.3 is 14.8 Å². The van der Waals surface area contributed by atoms with Crippen molar-refractivity contribution in [2.24, 2.45) is 0 Å². The van der Waals surface area contributed by atoms with Crippen molar-refractivity contribution in [2.75, 3.05) is 5.32 Å². The lowest BCUT2D eigenvalue weighted by molar-refractivity contribution is 0.0690. The van der Waals surface area contributed by atoms with Gasteiger partial charge in [-0.05, 0) is 34.1 Å². The highest BCUT2D eigenvalue weighted by molar-refractivity contribution is 9.10. The maximum atomic E-state index is 10.6. The number of rotatable bonds is 3. The molecular formula is C10H6BrClN2O3. The summed E-state index contributed by atoms with van der Waals surface area (Å²) < 4.78 is 5.72. The van der Waals surface area contributed by atoms with Gasteiger partial charge in [-0.15, -0.1) is 0 Å². The molecule has 88 valence electrons. The van der Waals surface area contributed by atoms with E-state index in [-0.39, 0.29) is 11.7 Å². The summed E-state index contributed by atoms with van der Waals surface area (Å²) in [6, 6.07) is 5.22. The summed E-state index contributed by atoms with van der Waals surface area (Å²) in [6.45, 7) is 0. The maximum absolute atomic E-state index is 10.6. The smallest absolute Gasteiger partial charge is 0.357 e. The lowest BCUT2D eigenvalue weighted by atomic mass is 10.3. The first kappa shape index (κ1) is 11.9. The van der Waals surface area contributed by atoms with Crippen LogP contribution in [0.3, 0.4) is 0 Å². The molecule has 2 rings (SSSR count). The summed E-state index contributed by atoms with van der Waals surface area (Å²) in [5, 5.41) is 12.0. The number of nitrogens with zero attached hydrogens (tertiary/aromatic N) is 1. The first-order valence-corrected chi connectivity index (χ1v) is 5.64. The van der Waals surface area contributed by atoms with E-state index >= 15 is 0 Å². The third-order valence-corrected chi connectivity index (χ3v) is 2.82. The van der Waals surface area contributed by atoms with Gasteiger partial charge in [0.1, 0.15) is 6.26 Å². The zero-order valence-electron chi connectivity index (χ0n) is 8.28. The second-order valence-electron chi connectivity index (χ2n) is 3.09. The van der Waals surface area contributed by atoms with Crippen LogP contribution in [0.5, 0.6) is 0 Å². The number of aromatic nitrogens is 1. The number of carboxylic acids is 1. The Balaban J connectivity index is 2.25. The molecule has 0 saturated heterocycles. The summed E-state index contributed by atoms with van der Waals surface area (Å²) in [4.78, 5) is 14.3. The molecule has 0 aliphatic heterocycles. The van der Waals surface area contributed by atoms with Crippen LogP contribution >= 0.6 is 27.5 Å². The Hall–Kier alpha value is -1.53. The highest BCUT2D eigenvalue weighted by Gasteiger charge is 2.11. The molecule has 0 amide bonds. The Morgan fingerprint density at radius 3 is 2.94 bits per heavy atom. The number of benzene rings is 1. The minimum atomic E-state index is -1.15. The van der Waals surface area contributed by atoms with Crippen molar-refractivity contribution in [3.63, 3.8) is 0 Å². The van der Waals surface area contributed by atoms with Crippen LogP contribution in [-0.2, 0) is 0 Å². The van der Waals surface area contributed by atoms with E-state index in [1.165, 1.54) is 0 Å². The van der Waals surface area contributed by atoms with Crippen molar-refractivity contribution in [1.29, 1.82) is 0 Å². The molecule has 5 nitrogen and oxygen atoms in total. The minimum absolute atomic E-state index is 0.0883. The summed E-state index contributed by atoms with van der Waals surface area (Å²) >= 11 is 9.15. The average Bonchev–Trinajstić information content (AvgIpc) is 2.72. The van der Waals surface area contributed by atoms with Gasteiger partial charge >= 0.3 is 5.97 Å². The molecule has 0 aliphatic carbocycles. The number of hydrogen-bond acceptors (Lipinski definition) is 4. The zero-order chi connectivity index (χ0) is 12.4. The highest BCUT2D eigenvalue weighted by Crippen LogP contribution is 2.28. The predicted octanol–water partition coefficient (Wildman–Crippen LogP) is 3.53. The first-order valence-electron chi connectivity index (χ1n) is 4.47. The normalized spacial score (nSPS) is 10.2. The fourth-order valence-electron chi connectivity index (χ4n) is 1.14. The van der Waals surface area contributed by atoms with E-state index in [2.05, 4.69) is 26.2 Å². The molecule has 0 atom stereocenters. The van der Waals surface area contributed by atoms with Crippen molar-refractivity contribution in [3.05, 3.63) is 39.7 Å². The van der Waals surface area contributed by atoms with E-state index in [1.54, 1.807) is 18.2 Å². The molecule has 0 saturated carbocycles. The Kier molecular flexibility index (Phi) is 3.35. The molecule has 0 unspecified atom stereocenters. The quantitative estimate of drug-likeness (QED) is 0.905. The lowest BCUT2D eigenvalue weighted by Gasteiger charge is -2.04. The third-order valence-electron chi connectivity index (χ3n) is 1.89. The number of oxazole rings is 1. The van der Waals surface area contributed by atoms with E-state index in [1.807, 2.05) is 0 Å². The molecule has 17 heavy (non-hydrogen) atoms. The fraction of sp³-hybridized carbons (Fsp3) is 0. The standard InChI is InChI=1S/C10H6BrClN2O3/c11-6-2-1-5(12)3-7(6)13-10-14-8(4-17-10)9(15)16/h1-4H,(H,13,14)(H,15,16). The Bertz CT molecular complexity index is 570. The summed E-state index contributed by atoms with van der Waals surface area (Å²) in [7, 11) is 0. The topological polar surface area (TPSA) is 75.4 Å². The summed E-state index contributed by atoms with van der Waals surface area (Å²) in [5.74, 6) is -1.15. The molecule has 0 fully saturated rings. The SMILES string of the molecule is O=C(O)c1coc(Nc2cc(Cl)ccc2Br)n1. The molecule has 1 aromatic heterocycles. The Morgan fingerprint density at radius 1 is 1.53 bits per heavy atom. The highest BCUT2D eigenvalue weighted by atomic mass is 79.9. The summed E-state index contributed by atoms with van der Waals surface area (Å²) in [6.07, 6.45) is 1.06. The summed E-state index contributed by atoms with van der Waals surface area (Å²) in [5.41, 5.74) is 0.474. The van der Waals surface area contributed by atoms with Gasteiger partial charge in [0.15, 0.2) is 5.69 Å². The van der Waals surface area contributed by atoms with Crippen molar-refractivity contribution in [1.82, 2.24) is 4.98 Å². The number of carbonyl (C=O) groups is 1. The van der Waals surface area contributed by atoms with Crippen molar-refractivity contribution in [3.8, 4) is 0 Å². The number of anilines is 2. The first-order chi connectivity index (χ1) is 8.06. The number of carboxylic acid groups (broad SMARTS) is 1. The zero-order valence-corrected chi connectivity index (χ0v) is 10.6. The van der Waals surface area contributed by atoms with Gasteiger partial charge in [0.05, 0.1) is 5.69 Å². The number of nitrogens with one attached hydrogen (secondary N) is 1. The molecular weight excluding hydrogens is 311 g/mol. The maximum Gasteiger partial charge on any atom is 0.357 e. The van der Waals surface area contributed by atoms with Crippen LogP contribution in [0.1, 0.15) is 10.5 Å². The number of hydrogen-bond donors (Lipinski definition) is 2. The molecule has 1 aromatic carbocycles. The molecule has 0 bridgehead atoms. The average molecular weight is 318 g/mol. The van der Waals surface area contributed by atoms with Gasteiger partial charge in [0.25, 0.3) is 6.01 Å². The van der Waals surface area contributed by atoms with E-state index in [4.69, 9.17) is 21.1 Å². The third kappa shape index (κ3) is 2.78. The monoisotopic (exact) mass is 316 g/mol. The van der Waals surface area contributed by atoms with Crippen LogP contribution in [0.2, 0.25) is 5.02 Å². The van der Waals surface area contributed by atoms with Crippen LogP contribution in [0.15, 0.2) is 33.4 Å². The van der Waals surface area contributed by atoms with E-state index in [9.17, 15) is 4.79 Å². The lowest BCUT2D eigenvalue weighted by Crippen LogP contribution is -1.97. The molecule has 2 N–H and O–H groups in total. The Morgan fingerprint density at radius 2 is 2.29 bits per heavy atom. The van der Waals surface area contributed by atoms with Crippen LogP contribution in [0.25, 0.3) is 0 Å². The van der Waals surface area contributed by atoms with Crippen molar-refractivity contribution in [2.45, 2.75) is 0 Å². The fourth-order valence-corrected chi connectivity index (χ4v) is 1.66. The van der Waals surface area contributed by atoms with Crippen LogP contribution in [-0.4, -0.2) is 16.1 Å². The molecule has 7 heteroatoms. The Labute approximate surface area is 110 Å². The van der Waals surface area contributed by atoms with Crippen molar-refractivity contribution >= 4 is 45.2 Å². The van der Waals surface area contributed by atoms with E-state index < -0.39 is 5.97 Å². The molecule has 0 aliphatic rings. The molecule has 0 radical (unpaired) electrons. The van der Waals surface area contributed by atoms with Gasteiger partial charge in [-0.3, -0.25) is 0 Å². The van der Waals surface area contributed by atoms with Gasteiger partial charge in [-0.25, -0.2) is 4.79 Å². The van der Waals surface area contributed by atoms with Gasteiger partial charge in [0, 0.05) is 9.50 Å². The number of halogens is 2.